The molecule has 8 nitrogen and oxygen atoms in total. The predicted molar refractivity (Wildman–Crippen MR) is 146 cm³/mol. The Morgan fingerprint density at radius 1 is 1.00 bits per heavy atom. The minimum absolute atomic E-state index is 0.117. The van der Waals surface area contributed by atoms with Gasteiger partial charge in [0.15, 0.2) is 0 Å². The number of nitrogens with zero attached hydrogens (tertiary/aromatic N) is 2. The van der Waals surface area contributed by atoms with Crippen molar-refractivity contribution >= 4 is 17.8 Å². The average Bonchev–Trinajstić information content (AvgIpc) is 3.29. The molecule has 0 aromatic heterocycles. The molecule has 5 rings (SSSR count). The highest BCUT2D eigenvalue weighted by atomic mass is 16.6. The van der Waals surface area contributed by atoms with Crippen LogP contribution in [0.5, 0.6) is 0 Å². The van der Waals surface area contributed by atoms with Crippen LogP contribution in [-0.4, -0.2) is 81.8 Å². The Labute approximate surface area is 232 Å². The van der Waals surface area contributed by atoms with Gasteiger partial charge in [-0.2, -0.15) is 0 Å². The molecule has 1 aliphatic carbocycles. The Kier molecular flexibility index (Phi) is 8.25. The van der Waals surface area contributed by atoms with Crippen LogP contribution in [0.15, 0.2) is 24.3 Å². The van der Waals surface area contributed by atoms with Gasteiger partial charge in [0.2, 0.25) is 11.8 Å². The monoisotopic (exact) mass is 542 g/mol. The van der Waals surface area contributed by atoms with Crippen molar-refractivity contribution in [3.05, 3.63) is 24.3 Å². The molecule has 4 aliphatic heterocycles. The molecule has 6 atom stereocenters. The molecule has 1 saturated carbocycles. The highest BCUT2D eigenvalue weighted by Crippen LogP contribution is 2.58. The normalized spacial score (nSPS) is 37.3. The van der Waals surface area contributed by atoms with Gasteiger partial charge in [-0.15, -0.1) is 0 Å². The molecule has 5 aliphatic rings. The second-order valence-corrected chi connectivity index (χ2v) is 12.6. The van der Waals surface area contributed by atoms with Crippen LogP contribution < -0.4 is 0 Å². The molecule has 1 unspecified atom stereocenters. The summed E-state index contributed by atoms with van der Waals surface area (Å²) in [4.78, 5) is 46.5. The zero-order valence-electron chi connectivity index (χ0n) is 23.8. The van der Waals surface area contributed by atoms with E-state index in [1.807, 2.05) is 43.9 Å². The number of aliphatic hydroxyl groups is 1. The summed E-state index contributed by atoms with van der Waals surface area (Å²) in [6, 6.07) is -1.36. The highest BCUT2D eigenvalue weighted by Gasteiger charge is 2.76. The number of allylic oxidation sites excluding steroid dienone is 1. The van der Waals surface area contributed by atoms with E-state index in [9.17, 15) is 19.5 Å². The van der Waals surface area contributed by atoms with Gasteiger partial charge in [-0.1, -0.05) is 64.3 Å². The molecule has 8 heteroatoms. The largest absolute Gasteiger partial charge is 0.465 e. The van der Waals surface area contributed by atoms with Crippen LogP contribution in [-0.2, 0) is 23.9 Å². The van der Waals surface area contributed by atoms with E-state index in [1.165, 1.54) is 6.42 Å². The first-order valence-electron chi connectivity index (χ1n) is 15.3. The number of aliphatic hydroxyl groups excluding tert-OH is 1. The average molecular weight is 543 g/mol. The van der Waals surface area contributed by atoms with Crippen molar-refractivity contribution in [2.75, 3.05) is 19.8 Å². The van der Waals surface area contributed by atoms with Gasteiger partial charge < -0.3 is 24.4 Å². The van der Waals surface area contributed by atoms with E-state index >= 15 is 0 Å². The quantitative estimate of drug-likeness (QED) is 0.406. The maximum Gasteiger partial charge on any atom is 0.313 e. The molecular weight excluding hydrogens is 496 g/mol. The number of esters is 1. The number of likely N-dealkylation sites (tertiary alicyclic amines) is 1. The van der Waals surface area contributed by atoms with Gasteiger partial charge in [-0.05, 0) is 50.9 Å². The number of cyclic esters (lactones) is 1. The zero-order chi connectivity index (χ0) is 27.8. The van der Waals surface area contributed by atoms with Crippen molar-refractivity contribution < 1.29 is 29.0 Å². The second kappa shape index (κ2) is 11.4. The number of amides is 2. The standard InChI is InChI=1S/C31H46N2O6/c1-4-30-15-10-5-6-11-18-38-29(37)25(30)24-27(35)33(23(20-34)19-21(2)3)26-28(36)32(22-13-8-7-9-14-22)17-12-16-31(24,26)39-30/h10,12,15-16,21-26,34H,4-9,11,13-14,17-20H2,1-3H3/b15-10-/t23-,24+,25-,26?,30+,31+/m1/s1. The van der Waals surface area contributed by atoms with Crippen LogP contribution in [0.4, 0.5) is 0 Å². The number of fused-ring (bicyclic) bond motifs is 2. The fourth-order valence-electron chi connectivity index (χ4n) is 7.93. The Balaban J connectivity index is 1.65. The van der Waals surface area contributed by atoms with Crippen molar-refractivity contribution in [2.24, 2.45) is 17.8 Å². The third-order valence-electron chi connectivity index (χ3n) is 9.72. The van der Waals surface area contributed by atoms with Crippen LogP contribution in [0, 0.1) is 17.8 Å². The van der Waals surface area contributed by atoms with Crippen LogP contribution in [0.1, 0.15) is 85.0 Å². The lowest BCUT2D eigenvalue weighted by Gasteiger charge is -2.43. The molecule has 0 radical (unpaired) electrons. The fraction of sp³-hybridized carbons (Fsp3) is 0.774. The molecule has 2 amide bonds. The highest BCUT2D eigenvalue weighted by molar-refractivity contribution is 5.99. The number of hydrogen-bond acceptors (Lipinski definition) is 6. The number of carbonyl (C=O) groups is 3. The van der Waals surface area contributed by atoms with Crippen molar-refractivity contribution in [3.8, 4) is 0 Å². The van der Waals surface area contributed by atoms with Gasteiger partial charge in [0, 0.05) is 12.6 Å². The maximum absolute atomic E-state index is 14.6. The van der Waals surface area contributed by atoms with Crippen molar-refractivity contribution in [1.29, 1.82) is 0 Å². The lowest BCUT2D eigenvalue weighted by Crippen LogP contribution is -2.60. The van der Waals surface area contributed by atoms with Crippen molar-refractivity contribution in [2.45, 2.75) is 114 Å². The van der Waals surface area contributed by atoms with Gasteiger partial charge in [0.1, 0.15) is 23.2 Å². The Morgan fingerprint density at radius 3 is 2.46 bits per heavy atom. The number of ether oxygens (including phenoxy) is 2. The molecule has 0 bridgehead atoms. The van der Waals surface area contributed by atoms with Gasteiger partial charge in [0.25, 0.3) is 0 Å². The van der Waals surface area contributed by atoms with E-state index in [0.717, 1.165) is 44.9 Å². The van der Waals surface area contributed by atoms with Crippen LogP contribution in [0.3, 0.4) is 0 Å². The summed E-state index contributed by atoms with van der Waals surface area (Å²) in [6.45, 7) is 6.57. The minimum Gasteiger partial charge on any atom is -0.465 e. The lowest BCUT2D eigenvalue weighted by molar-refractivity contribution is -0.164. The first-order chi connectivity index (χ1) is 18.8. The minimum atomic E-state index is -1.31. The van der Waals surface area contributed by atoms with E-state index in [1.54, 1.807) is 4.90 Å². The SMILES string of the molecule is CC[C@]12/C=C\CCCCOC(=O)[C@H]1[C@H]1C(=O)N([C@@H](CO)CC(C)C)C3C(=O)N(C4CCCCC4)CC=C[C@@]31O2. The number of rotatable bonds is 6. The molecule has 1 spiro atoms. The molecule has 2 saturated heterocycles. The molecule has 0 aromatic carbocycles. The third kappa shape index (κ3) is 4.75. The molecule has 39 heavy (non-hydrogen) atoms. The van der Waals surface area contributed by atoms with Crippen LogP contribution >= 0.6 is 0 Å². The topological polar surface area (TPSA) is 96.4 Å². The van der Waals surface area contributed by atoms with Gasteiger partial charge in [-0.25, -0.2) is 0 Å². The van der Waals surface area contributed by atoms with Crippen molar-refractivity contribution in [1.82, 2.24) is 9.80 Å². The second-order valence-electron chi connectivity index (χ2n) is 12.6. The molecule has 3 fully saturated rings. The molecule has 1 N–H and O–H groups in total. The summed E-state index contributed by atoms with van der Waals surface area (Å²) in [5.74, 6) is -2.41. The smallest absolute Gasteiger partial charge is 0.313 e. The number of hydrogen-bond donors (Lipinski definition) is 1. The van der Waals surface area contributed by atoms with E-state index in [2.05, 4.69) is 6.08 Å². The molecule has 4 heterocycles. The molecule has 216 valence electrons. The Morgan fingerprint density at radius 2 is 1.77 bits per heavy atom. The summed E-state index contributed by atoms with van der Waals surface area (Å²) in [6.07, 6.45) is 16.7. The van der Waals surface area contributed by atoms with E-state index < -0.39 is 41.1 Å². The summed E-state index contributed by atoms with van der Waals surface area (Å²) in [5, 5.41) is 10.5. The van der Waals surface area contributed by atoms with Gasteiger partial charge in [0.05, 0.1) is 25.2 Å². The first-order valence-corrected chi connectivity index (χ1v) is 15.3. The zero-order valence-corrected chi connectivity index (χ0v) is 23.8. The summed E-state index contributed by atoms with van der Waals surface area (Å²) < 4.78 is 12.8. The lowest BCUT2D eigenvalue weighted by atomic mass is 9.73. The summed E-state index contributed by atoms with van der Waals surface area (Å²) >= 11 is 0. The van der Waals surface area contributed by atoms with E-state index in [-0.39, 0.29) is 30.4 Å². The Bertz CT molecular complexity index is 1000. The summed E-state index contributed by atoms with van der Waals surface area (Å²) in [5.41, 5.74) is -2.35. The fourth-order valence-corrected chi connectivity index (χ4v) is 7.93. The maximum atomic E-state index is 14.6. The predicted octanol–water partition coefficient (Wildman–Crippen LogP) is 3.77. The molecular formula is C31H46N2O6. The third-order valence-corrected chi connectivity index (χ3v) is 9.72. The van der Waals surface area contributed by atoms with Crippen molar-refractivity contribution in [3.63, 3.8) is 0 Å². The first kappa shape index (κ1) is 28.3. The number of carbonyl (C=O) groups excluding carboxylic acids is 3. The van der Waals surface area contributed by atoms with Crippen LogP contribution in [0.25, 0.3) is 0 Å². The summed E-state index contributed by atoms with van der Waals surface area (Å²) in [7, 11) is 0. The van der Waals surface area contributed by atoms with Gasteiger partial charge >= 0.3 is 5.97 Å². The molecule has 0 aromatic rings. The Hall–Kier alpha value is -2.19. The van der Waals surface area contributed by atoms with E-state index in [4.69, 9.17) is 9.47 Å². The van der Waals surface area contributed by atoms with Gasteiger partial charge in [-0.3, -0.25) is 14.4 Å². The van der Waals surface area contributed by atoms with E-state index in [0.29, 0.717) is 26.0 Å². The van der Waals surface area contributed by atoms with Crippen LogP contribution in [0.2, 0.25) is 0 Å².